The first kappa shape index (κ1) is 16.9. The van der Waals surface area contributed by atoms with Crippen molar-refractivity contribution < 1.29 is 4.39 Å². The summed E-state index contributed by atoms with van der Waals surface area (Å²) in [6, 6.07) is 5.15. The van der Waals surface area contributed by atoms with Crippen LogP contribution < -0.4 is 10.6 Å². The van der Waals surface area contributed by atoms with Crippen LogP contribution in [0.4, 0.5) is 4.39 Å². The number of aryl methyl sites for hydroxylation is 2. The van der Waals surface area contributed by atoms with Gasteiger partial charge < -0.3 is 10.6 Å². The Bertz CT molecular complexity index is 757. The Labute approximate surface area is 148 Å². The van der Waals surface area contributed by atoms with Crippen LogP contribution in [0.15, 0.2) is 27.7 Å². The van der Waals surface area contributed by atoms with Crippen LogP contribution in [0.2, 0.25) is 0 Å². The molecule has 1 aromatic carbocycles. The smallest absolute Gasteiger partial charge is 0.191 e. The average Bonchev–Trinajstić information content (AvgIpc) is 2.95. The molecule has 6 nitrogen and oxygen atoms in total. The lowest BCUT2D eigenvalue weighted by atomic mass is 10.1. The minimum atomic E-state index is -0.270. The molecular weight excluding hydrogens is 375 g/mol. The van der Waals surface area contributed by atoms with Crippen LogP contribution in [-0.4, -0.2) is 27.8 Å². The average molecular weight is 395 g/mol. The van der Waals surface area contributed by atoms with Crippen LogP contribution in [0.25, 0.3) is 0 Å². The van der Waals surface area contributed by atoms with Gasteiger partial charge in [0.2, 0.25) is 0 Å². The van der Waals surface area contributed by atoms with Crippen molar-refractivity contribution in [3.8, 4) is 0 Å². The molecule has 0 saturated heterocycles. The van der Waals surface area contributed by atoms with Crippen LogP contribution in [0, 0.1) is 12.7 Å². The number of guanidine groups is 1. The molecule has 0 saturated carbocycles. The quantitative estimate of drug-likeness (QED) is 0.620. The van der Waals surface area contributed by atoms with E-state index in [9.17, 15) is 4.39 Å². The van der Waals surface area contributed by atoms with E-state index in [2.05, 4.69) is 41.6 Å². The van der Waals surface area contributed by atoms with Gasteiger partial charge in [0.05, 0.1) is 10.5 Å². The third-order valence-corrected chi connectivity index (χ3v) is 4.60. The molecule has 0 amide bonds. The fourth-order valence-electron chi connectivity index (χ4n) is 2.80. The van der Waals surface area contributed by atoms with Gasteiger partial charge in [-0.05, 0) is 53.4 Å². The summed E-state index contributed by atoms with van der Waals surface area (Å²) in [7, 11) is 1.72. The van der Waals surface area contributed by atoms with Crippen molar-refractivity contribution >= 4 is 21.9 Å². The summed E-state index contributed by atoms with van der Waals surface area (Å²) >= 11 is 3.16. The number of aromatic nitrogens is 3. The van der Waals surface area contributed by atoms with Crippen molar-refractivity contribution in [2.75, 3.05) is 7.05 Å². The molecule has 0 aliphatic carbocycles. The lowest BCUT2D eigenvalue weighted by Crippen LogP contribution is -2.41. The van der Waals surface area contributed by atoms with Crippen LogP contribution >= 0.6 is 15.9 Å². The van der Waals surface area contributed by atoms with E-state index in [4.69, 9.17) is 0 Å². The van der Waals surface area contributed by atoms with E-state index < -0.39 is 0 Å². The second kappa shape index (κ2) is 7.29. The zero-order valence-electron chi connectivity index (χ0n) is 13.7. The maximum Gasteiger partial charge on any atom is 0.191 e. The van der Waals surface area contributed by atoms with Gasteiger partial charge in [-0.3, -0.25) is 4.99 Å². The number of fused-ring (bicyclic) bond motifs is 1. The molecule has 2 heterocycles. The van der Waals surface area contributed by atoms with E-state index in [1.54, 1.807) is 13.1 Å². The van der Waals surface area contributed by atoms with Crippen LogP contribution in [0.5, 0.6) is 0 Å². The van der Waals surface area contributed by atoms with Gasteiger partial charge in [0.25, 0.3) is 0 Å². The molecule has 1 unspecified atom stereocenters. The highest BCUT2D eigenvalue weighted by molar-refractivity contribution is 9.10. The number of nitrogens with one attached hydrogen (secondary N) is 2. The maximum absolute atomic E-state index is 13.6. The topological polar surface area (TPSA) is 67.1 Å². The summed E-state index contributed by atoms with van der Waals surface area (Å²) in [4.78, 5) is 8.76. The molecule has 2 aromatic rings. The van der Waals surface area contributed by atoms with Gasteiger partial charge in [-0.2, -0.15) is 5.10 Å². The summed E-state index contributed by atoms with van der Waals surface area (Å²) < 4.78 is 16.0. The van der Waals surface area contributed by atoms with Crippen molar-refractivity contribution in [3.63, 3.8) is 0 Å². The van der Waals surface area contributed by atoms with Gasteiger partial charge in [0, 0.05) is 20.1 Å². The second-order valence-electron chi connectivity index (χ2n) is 5.75. The van der Waals surface area contributed by atoms with Gasteiger partial charge in [-0.25, -0.2) is 14.1 Å². The van der Waals surface area contributed by atoms with Gasteiger partial charge in [0.1, 0.15) is 17.5 Å². The molecule has 0 bridgehead atoms. The summed E-state index contributed by atoms with van der Waals surface area (Å²) in [5, 5.41) is 11.0. The summed E-state index contributed by atoms with van der Waals surface area (Å²) in [6.45, 7) is 3.29. The number of hydrogen-bond acceptors (Lipinski definition) is 3. The molecule has 0 fully saturated rings. The van der Waals surface area contributed by atoms with Crippen molar-refractivity contribution in [1.82, 2.24) is 25.4 Å². The highest BCUT2D eigenvalue weighted by Gasteiger charge is 2.24. The van der Waals surface area contributed by atoms with Crippen LogP contribution in [0.3, 0.4) is 0 Å². The highest BCUT2D eigenvalue weighted by atomic mass is 79.9. The Morgan fingerprint density at radius 1 is 1.50 bits per heavy atom. The molecule has 0 radical (unpaired) electrons. The predicted octanol–water partition coefficient (Wildman–Crippen LogP) is 2.69. The number of aliphatic imine (C=N–C) groups is 1. The lowest BCUT2D eigenvalue weighted by Gasteiger charge is -2.25. The number of rotatable bonds is 3. The number of nitrogens with zero attached hydrogens (tertiary/aromatic N) is 4. The summed E-state index contributed by atoms with van der Waals surface area (Å²) in [6.07, 6.45) is 2.02. The predicted molar refractivity (Wildman–Crippen MR) is 94.2 cm³/mol. The van der Waals surface area contributed by atoms with Gasteiger partial charge in [-0.1, -0.05) is 6.07 Å². The molecule has 1 atom stereocenters. The molecule has 1 aliphatic rings. The minimum Gasteiger partial charge on any atom is -0.352 e. The fourth-order valence-corrected chi connectivity index (χ4v) is 3.05. The Morgan fingerprint density at radius 3 is 3.08 bits per heavy atom. The SMILES string of the molecule is CN=C(NCc1ccc(Br)c(F)c1)NC1CCCn2nc(C)nc21. The number of halogens is 2. The van der Waals surface area contributed by atoms with E-state index in [-0.39, 0.29) is 11.9 Å². The van der Waals surface area contributed by atoms with Crippen LogP contribution in [0.1, 0.15) is 36.1 Å². The number of hydrogen-bond donors (Lipinski definition) is 2. The summed E-state index contributed by atoms with van der Waals surface area (Å²) in [5.41, 5.74) is 0.848. The van der Waals surface area contributed by atoms with E-state index in [1.807, 2.05) is 17.7 Å². The van der Waals surface area contributed by atoms with E-state index >= 15 is 0 Å². The van der Waals surface area contributed by atoms with Gasteiger partial charge >= 0.3 is 0 Å². The Kier molecular flexibility index (Phi) is 5.13. The van der Waals surface area contributed by atoms with Gasteiger partial charge in [-0.15, -0.1) is 0 Å². The van der Waals surface area contributed by atoms with Crippen molar-refractivity contribution in [2.24, 2.45) is 4.99 Å². The highest BCUT2D eigenvalue weighted by Crippen LogP contribution is 2.22. The van der Waals surface area contributed by atoms with E-state index in [1.165, 1.54) is 6.07 Å². The maximum atomic E-state index is 13.6. The zero-order valence-corrected chi connectivity index (χ0v) is 15.3. The molecule has 128 valence electrons. The molecular formula is C16H20BrFN6. The third kappa shape index (κ3) is 3.75. The third-order valence-electron chi connectivity index (χ3n) is 3.96. The second-order valence-corrected chi connectivity index (χ2v) is 6.61. The minimum absolute atomic E-state index is 0.0767. The van der Waals surface area contributed by atoms with E-state index in [0.29, 0.717) is 17.0 Å². The number of benzene rings is 1. The normalized spacial score (nSPS) is 17.5. The molecule has 2 N–H and O–H groups in total. The lowest BCUT2D eigenvalue weighted by molar-refractivity contribution is 0.397. The van der Waals surface area contributed by atoms with E-state index in [0.717, 1.165) is 36.6 Å². The molecule has 1 aliphatic heterocycles. The first-order chi connectivity index (χ1) is 11.6. The Hall–Kier alpha value is -1.96. The zero-order chi connectivity index (χ0) is 17.1. The molecule has 8 heteroatoms. The molecule has 0 spiro atoms. The Morgan fingerprint density at radius 2 is 2.33 bits per heavy atom. The summed E-state index contributed by atoms with van der Waals surface area (Å²) in [5.74, 6) is 2.12. The van der Waals surface area contributed by atoms with Crippen LogP contribution in [-0.2, 0) is 13.1 Å². The Balaban J connectivity index is 1.64. The molecule has 3 rings (SSSR count). The molecule has 24 heavy (non-hydrogen) atoms. The standard InChI is InChI=1S/C16H20BrFN6/c1-10-21-15-14(4-3-7-24(15)23-10)22-16(19-2)20-9-11-5-6-12(17)13(18)8-11/h5-6,8,14H,3-4,7,9H2,1-2H3,(H2,19,20,22). The first-order valence-corrected chi connectivity index (χ1v) is 8.68. The van der Waals surface area contributed by atoms with Crippen molar-refractivity contribution in [2.45, 2.75) is 38.9 Å². The van der Waals surface area contributed by atoms with Crippen molar-refractivity contribution in [3.05, 3.63) is 45.7 Å². The van der Waals surface area contributed by atoms with Crippen molar-refractivity contribution in [1.29, 1.82) is 0 Å². The fraction of sp³-hybridized carbons (Fsp3) is 0.438. The van der Waals surface area contributed by atoms with Gasteiger partial charge in [0.15, 0.2) is 5.96 Å². The monoisotopic (exact) mass is 394 g/mol. The first-order valence-electron chi connectivity index (χ1n) is 7.89. The molecule has 1 aromatic heterocycles. The largest absolute Gasteiger partial charge is 0.352 e.